The number of carbonyl (C=O) groups is 2. The van der Waals surface area contributed by atoms with Crippen LogP contribution in [0.15, 0.2) is 51.9 Å². The van der Waals surface area contributed by atoms with Gasteiger partial charge in [-0.2, -0.15) is 9.71 Å². The smallest absolute Gasteiger partial charge is 0.321 e. The highest BCUT2D eigenvalue weighted by molar-refractivity contribution is 7.89. The second-order valence-electron chi connectivity index (χ2n) is 6.96. The molecule has 1 N–H and O–H groups in total. The first-order valence-electron chi connectivity index (χ1n) is 9.47. The number of nitrogens with zero attached hydrogens (tertiary/aromatic N) is 2. The summed E-state index contributed by atoms with van der Waals surface area (Å²) in [4.78, 5) is 27.4. The van der Waals surface area contributed by atoms with Crippen molar-refractivity contribution in [3.63, 3.8) is 0 Å². The van der Waals surface area contributed by atoms with Gasteiger partial charge >= 0.3 is 5.97 Å². The lowest BCUT2D eigenvalue weighted by molar-refractivity contribution is -0.148. The quantitative estimate of drug-likeness (QED) is 0.400. The normalized spacial score (nSPS) is 12.4. The summed E-state index contributed by atoms with van der Waals surface area (Å²) >= 11 is 0. The summed E-state index contributed by atoms with van der Waals surface area (Å²) in [5.74, 6) is -1.40. The van der Waals surface area contributed by atoms with Crippen LogP contribution in [-0.2, 0) is 19.6 Å². The first-order chi connectivity index (χ1) is 15.1. The van der Waals surface area contributed by atoms with E-state index < -0.39 is 34.5 Å². The molecule has 0 fully saturated rings. The molecule has 0 saturated carbocycles. The second kappa shape index (κ2) is 9.37. The first kappa shape index (κ1) is 23.2. The molecule has 2 aromatic carbocycles. The molecule has 3 aromatic rings. The van der Waals surface area contributed by atoms with E-state index in [0.717, 1.165) is 0 Å². The van der Waals surface area contributed by atoms with E-state index in [1.165, 1.54) is 44.2 Å². The Morgan fingerprint density at radius 2 is 1.88 bits per heavy atom. The molecule has 1 unspecified atom stereocenters. The van der Waals surface area contributed by atoms with Crippen molar-refractivity contribution in [2.45, 2.75) is 31.8 Å². The molecule has 1 aromatic heterocycles. The van der Waals surface area contributed by atoms with Gasteiger partial charge in [0.1, 0.15) is 12.4 Å². The number of rotatable bonds is 8. The monoisotopic (exact) mass is 461 g/mol. The maximum atomic E-state index is 13.7. The summed E-state index contributed by atoms with van der Waals surface area (Å²) in [6, 6.07) is 9.75. The van der Waals surface area contributed by atoms with Gasteiger partial charge in [0.15, 0.2) is 11.9 Å². The van der Waals surface area contributed by atoms with E-state index >= 15 is 0 Å². The number of ketones is 1. The minimum Gasteiger partial charge on any atom is -0.452 e. The number of esters is 1. The molecule has 0 saturated heterocycles. The van der Waals surface area contributed by atoms with Gasteiger partial charge in [0, 0.05) is 11.1 Å². The van der Waals surface area contributed by atoms with Gasteiger partial charge in [0.05, 0.1) is 4.90 Å². The zero-order chi connectivity index (χ0) is 23.5. The van der Waals surface area contributed by atoms with Crippen molar-refractivity contribution in [3.8, 4) is 11.4 Å². The Balaban J connectivity index is 1.59. The molecule has 3 rings (SSSR count). The Hall–Kier alpha value is -3.44. The molecule has 32 heavy (non-hydrogen) atoms. The van der Waals surface area contributed by atoms with Crippen LogP contribution in [0.1, 0.15) is 41.8 Å². The van der Waals surface area contributed by atoms with Crippen molar-refractivity contribution < 1.29 is 31.7 Å². The highest BCUT2D eigenvalue weighted by atomic mass is 32.2. The molecule has 11 heteroatoms. The van der Waals surface area contributed by atoms with E-state index in [-0.39, 0.29) is 22.4 Å². The van der Waals surface area contributed by atoms with Crippen molar-refractivity contribution in [1.29, 1.82) is 0 Å². The van der Waals surface area contributed by atoms with Crippen LogP contribution in [0, 0.1) is 12.7 Å². The number of Topliss-reactive ketones (excluding diaryl/α,β-unsaturated/α-hetero) is 1. The fourth-order valence-corrected chi connectivity index (χ4v) is 3.61. The molecule has 0 radical (unpaired) electrons. The predicted molar refractivity (Wildman–Crippen MR) is 111 cm³/mol. The van der Waals surface area contributed by atoms with E-state index in [9.17, 15) is 22.4 Å². The van der Waals surface area contributed by atoms with Crippen LogP contribution in [0.5, 0.6) is 0 Å². The summed E-state index contributed by atoms with van der Waals surface area (Å²) in [6.45, 7) is 3.83. The highest BCUT2D eigenvalue weighted by Gasteiger charge is 2.22. The largest absolute Gasteiger partial charge is 0.452 e. The summed E-state index contributed by atoms with van der Waals surface area (Å²) in [5.41, 5.74) is 1.23. The van der Waals surface area contributed by atoms with Crippen LogP contribution in [0.4, 0.5) is 4.39 Å². The summed E-state index contributed by atoms with van der Waals surface area (Å²) < 4.78 is 50.7. The third-order valence-corrected chi connectivity index (χ3v) is 5.92. The summed E-state index contributed by atoms with van der Waals surface area (Å²) in [6.07, 6.45) is -0.960. The molecule has 1 atom stereocenters. The maximum absolute atomic E-state index is 13.7. The Kier molecular flexibility index (Phi) is 6.80. The number of ether oxygens (including phenoxy) is 1. The van der Waals surface area contributed by atoms with Crippen molar-refractivity contribution in [3.05, 3.63) is 65.3 Å². The molecule has 1 heterocycles. The third kappa shape index (κ3) is 5.42. The van der Waals surface area contributed by atoms with E-state index in [2.05, 4.69) is 14.9 Å². The van der Waals surface area contributed by atoms with Crippen molar-refractivity contribution in [2.75, 3.05) is 6.54 Å². The van der Waals surface area contributed by atoms with Gasteiger partial charge in [-0.3, -0.25) is 9.59 Å². The molecule has 0 bridgehead atoms. The predicted octanol–water partition coefficient (Wildman–Crippen LogP) is 2.97. The van der Waals surface area contributed by atoms with E-state index in [4.69, 9.17) is 9.26 Å². The average Bonchev–Trinajstić information content (AvgIpc) is 3.25. The van der Waals surface area contributed by atoms with E-state index in [1.54, 1.807) is 19.1 Å². The molecule has 9 nitrogen and oxygen atoms in total. The lowest BCUT2D eigenvalue weighted by atomic mass is 10.1. The zero-order valence-corrected chi connectivity index (χ0v) is 18.3. The molecule has 0 aliphatic heterocycles. The number of aromatic nitrogens is 2. The van der Waals surface area contributed by atoms with Crippen LogP contribution in [-0.4, -0.2) is 36.9 Å². The number of aryl methyl sites for hydroxylation is 1. The van der Waals surface area contributed by atoms with Gasteiger partial charge < -0.3 is 9.26 Å². The minimum absolute atomic E-state index is 0.0305. The lowest BCUT2D eigenvalue weighted by Crippen LogP contribution is -2.31. The highest BCUT2D eigenvalue weighted by Crippen LogP contribution is 2.22. The number of benzene rings is 2. The van der Waals surface area contributed by atoms with Crippen molar-refractivity contribution in [2.24, 2.45) is 0 Å². The fourth-order valence-electron chi connectivity index (χ4n) is 2.64. The maximum Gasteiger partial charge on any atom is 0.321 e. The van der Waals surface area contributed by atoms with Gasteiger partial charge in [0.2, 0.25) is 15.8 Å². The van der Waals surface area contributed by atoms with Gasteiger partial charge in [0.25, 0.3) is 5.89 Å². The molecule has 0 aliphatic rings. The number of hydrogen-bond acceptors (Lipinski definition) is 8. The van der Waals surface area contributed by atoms with Gasteiger partial charge in [-0.1, -0.05) is 29.4 Å². The Morgan fingerprint density at radius 1 is 1.19 bits per heavy atom. The molecule has 0 amide bonds. The number of carbonyl (C=O) groups excluding carboxylic acids is 2. The lowest BCUT2D eigenvalue weighted by Gasteiger charge is -2.10. The topological polar surface area (TPSA) is 128 Å². The number of sulfonamides is 1. The summed E-state index contributed by atoms with van der Waals surface area (Å²) in [7, 11) is -3.99. The van der Waals surface area contributed by atoms with Crippen molar-refractivity contribution >= 4 is 21.8 Å². The minimum atomic E-state index is -3.99. The van der Waals surface area contributed by atoms with Crippen LogP contribution in [0.3, 0.4) is 0 Å². The third-order valence-electron chi connectivity index (χ3n) is 4.51. The molecule has 168 valence electrons. The first-order valence-corrected chi connectivity index (χ1v) is 11.0. The van der Waals surface area contributed by atoms with Crippen LogP contribution in [0.25, 0.3) is 11.4 Å². The van der Waals surface area contributed by atoms with Crippen LogP contribution in [0.2, 0.25) is 0 Å². The Morgan fingerprint density at radius 3 is 2.50 bits per heavy atom. The van der Waals surface area contributed by atoms with Gasteiger partial charge in [-0.15, -0.1) is 0 Å². The fraction of sp³-hybridized carbons (Fsp3) is 0.238. The van der Waals surface area contributed by atoms with E-state index in [0.29, 0.717) is 16.7 Å². The van der Waals surface area contributed by atoms with E-state index in [1.807, 2.05) is 0 Å². The molecular formula is C21H20FN3O6S. The van der Waals surface area contributed by atoms with Gasteiger partial charge in [-0.05, 0) is 44.5 Å². The standard InChI is InChI=1S/C21H20FN3O6S/c1-12-4-5-16(10-18(12)22)20-24-21(31-25-20)14(3)30-19(27)11-23-32(28,29)17-8-6-15(7-9-17)13(2)26/h4-10,14,23H,11H2,1-3H3. The summed E-state index contributed by atoms with van der Waals surface area (Å²) in [5, 5.41) is 3.75. The zero-order valence-electron chi connectivity index (χ0n) is 17.5. The average molecular weight is 461 g/mol. The molecular weight excluding hydrogens is 441 g/mol. The Bertz CT molecular complexity index is 1250. The Labute approximate surface area is 183 Å². The van der Waals surface area contributed by atoms with Crippen LogP contribution < -0.4 is 4.72 Å². The molecule has 0 aliphatic carbocycles. The second-order valence-corrected chi connectivity index (χ2v) is 8.72. The van der Waals surface area contributed by atoms with Gasteiger partial charge in [-0.25, -0.2) is 12.8 Å². The van der Waals surface area contributed by atoms with Crippen molar-refractivity contribution in [1.82, 2.24) is 14.9 Å². The van der Waals surface area contributed by atoms with Crippen LogP contribution >= 0.6 is 0 Å². The number of halogens is 1. The number of nitrogens with one attached hydrogen (secondary N) is 1. The SMILES string of the molecule is CC(=O)c1ccc(S(=O)(=O)NCC(=O)OC(C)c2nc(-c3ccc(C)c(F)c3)no2)cc1. The molecule has 0 spiro atoms. The number of hydrogen-bond donors (Lipinski definition) is 1.